The fourth-order valence-electron chi connectivity index (χ4n) is 0.936. The molecule has 0 aliphatic rings. The third-order valence-corrected chi connectivity index (χ3v) is 2.02. The number of ether oxygens (including phenoxy) is 1. The Balaban J connectivity index is 2.60. The number of aliphatic hydroxyl groups is 1. The fourth-order valence-corrected chi connectivity index (χ4v) is 1.32. The Morgan fingerprint density at radius 2 is 2.38 bits per heavy atom. The molecule has 0 aliphatic heterocycles. The number of hydrogen-bond donors (Lipinski definition) is 1. The molecule has 0 spiro atoms. The molecule has 3 nitrogen and oxygen atoms in total. The van der Waals surface area contributed by atoms with Gasteiger partial charge >= 0.3 is 0 Å². The van der Waals surface area contributed by atoms with Crippen LogP contribution in [0.3, 0.4) is 0 Å². The van der Waals surface area contributed by atoms with E-state index in [1.54, 1.807) is 12.4 Å². The van der Waals surface area contributed by atoms with Crippen molar-refractivity contribution in [2.75, 3.05) is 13.2 Å². The van der Waals surface area contributed by atoms with E-state index < -0.39 is 6.10 Å². The van der Waals surface area contributed by atoms with Gasteiger partial charge in [0.1, 0.15) is 6.10 Å². The first kappa shape index (κ1) is 10.6. The zero-order valence-corrected chi connectivity index (χ0v) is 8.99. The minimum atomic E-state index is -0.593. The van der Waals surface area contributed by atoms with Gasteiger partial charge in [0.05, 0.1) is 6.61 Å². The predicted octanol–water partition coefficient (Wildman–Crippen LogP) is 1.91. The molecule has 1 aromatic rings. The van der Waals surface area contributed by atoms with Gasteiger partial charge in [-0.25, -0.2) is 0 Å². The van der Waals surface area contributed by atoms with E-state index in [1.807, 2.05) is 13.0 Å². The lowest BCUT2D eigenvalue weighted by Crippen LogP contribution is -2.07. The van der Waals surface area contributed by atoms with E-state index in [0.717, 1.165) is 10.0 Å². The zero-order valence-electron chi connectivity index (χ0n) is 7.40. The van der Waals surface area contributed by atoms with Gasteiger partial charge in [0.15, 0.2) is 0 Å². The standard InChI is InChI=1S/C9H12BrNO2/c1-2-13-6-9(12)7-3-8(10)5-11-4-7/h3-5,9,12H,2,6H2,1H3. The summed E-state index contributed by atoms with van der Waals surface area (Å²) < 4.78 is 5.96. The summed E-state index contributed by atoms with van der Waals surface area (Å²) >= 11 is 3.28. The molecule has 4 heteroatoms. The molecular formula is C9H12BrNO2. The molecule has 0 radical (unpaired) electrons. The van der Waals surface area contributed by atoms with Gasteiger partial charge in [0, 0.05) is 29.0 Å². The molecule has 0 saturated carbocycles. The molecule has 0 fully saturated rings. The summed E-state index contributed by atoms with van der Waals surface area (Å²) in [4.78, 5) is 3.95. The van der Waals surface area contributed by atoms with Gasteiger partial charge < -0.3 is 9.84 Å². The third-order valence-electron chi connectivity index (χ3n) is 1.59. The summed E-state index contributed by atoms with van der Waals surface area (Å²) in [6.45, 7) is 2.82. The van der Waals surface area contributed by atoms with Crippen LogP contribution in [-0.4, -0.2) is 23.3 Å². The lowest BCUT2D eigenvalue weighted by Gasteiger charge is -2.10. The van der Waals surface area contributed by atoms with Crippen LogP contribution in [0.25, 0.3) is 0 Å². The molecule has 1 atom stereocenters. The molecule has 0 amide bonds. The largest absolute Gasteiger partial charge is 0.386 e. The van der Waals surface area contributed by atoms with Gasteiger partial charge in [-0.2, -0.15) is 0 Å². The van der Waals surface area contributed by atoms with Crippen LogP contribution >= 0.6 is 15.9 Å². The second-order valence-electron chi connectivity index (χ2n) is 2.61. The summed E-state index contributed by atoms with van der Waals surface area (Å²) in [5.74, 6) is 0. The normalized spacial score (nSPS) is 12.8. The van der Waals surface area contributed by atoms with Crippen molar-refractivity contribution in [3.8, 4) is 0 Å². The Bertz CT molecular complexity index is 268. The highest BCUT2D eigenvalue weighted by atomic mass is 79.9. The highest BCUT2D eigenvalue weighted by Gasteiger charge is 2.07. The van der Waals surface area contributed by atoms with E-state index in [2.05, 4.69) is 20.9 Å². The molecule has 0 saturated heterocycles. The van der Waals surface area contributed by atoms with Crippen LogP contribution < -0.4 is 0 Å². The van der Waals surface area contributed by atoms with Crippen molar-refractivity contribution in [3.63, 3.8) is 0 Å². The lowest BCUT2D eigenvalue weighted by atomic mass is 10.2. The second-order valence-corrected chi connectivity index (χ2v) is 3.53. The van der Waals surface area contributed by atoms with Crippen LogP contribution in [0.15, 0.2) is 22.9 Å². The Labute approximate surface area is 85.9 Å². The molecule has 13 heavy (non-hydrogen) atoms. The number of pyridine rings is 1. The Morgan fingerprint density at radius 1 is 1.62 bits per heavy atom. The lowest BCUT2D eigenvalue weighted by molar-refractivity contribution is 0.0418. The summed E-state index contributed by atoms with van der Waals surface area (Å²) in [5, 5.41) is 9.59. The molecule has 1 N–H and O–H groups in total. The maximum Gasteiger partial charge on any atom is 0.104 e. The van der Waals surface area contributed by atoms with E-state index in [0.29, 0.717) is 13.2 Å². The highest BCUT2D eigenvalue weighted by molar-refractivity contribution is 9.10. The van der Waals surface area contributed by atoms with Gasteiger partial charge in [-0.15, -0.1) is 0 Å². The molecular weight excluding hydrogens is 234 g/mol. The van der Waals surface area contributed by atoms with Gasteiger partial charge in [-0.1, -0.05) is 0 Å². The minimum Gasteiger partial charge on any atom is -0.386 e. The van der Waals surface area contributed by atoms with E-state index >= 15 is 0 Å². The molecule has 0 bridgehead atoms. The quantitative estimate of drug-likeness (QED) is 0.882. The first-order valence-corrected chi connectivity index (χ1v) is 4.89. The van der Waals surface area contributed by atoms with Crippen LogP contribution in [0.1, 0.15) is 18.6 Å². The summed E-state index contributed by atoms with van der Waals surface area (Å²) in [5.41, 5.74) is 0.767. The number of aliphatic hydroxyl groups excluding tert-OH is 1. The van der Waals surface area contributed by atoms with Crippen molar-refractivity contribution in [1.82, 2.24) is 4.98 Å². The number of nitrogens with zero attached hydrogens (tertiary/aromatic N) is 1. The Kier molecular flexibility index (Phi) is 4.35. The van der Waals surface area contributed by atoms with E-state index in [9.17, 15) is 5.11 Å². The molecule has 1 heterocycles. The van der Waals surface area contributed by atoms with Crippen molar-refractivity contribution in [2.24, 2.45) is 0 Å². The average molecular weight is 246 g/mol. The average Bonchev–Trinajstić information content (AvgIpc) is 2.14. The van der Waals surface area contributed by atoms with Crippen LogP contribution in [0.5, 0.6) is 0 Å². The topological polar surface area (TPSA) is 42.4 Å². The van der Waals surface area contributed by atoms with Crippen molar-refractivity contribution in [3.05, 3.63) is 28.5 Å². The summed E-state index contributed by atoms with van der Waals surface area (Å²) in [7, 11) is 0. The highest BCUT2D eigenvalue weighted by Crippen LogP contribution is 2.16. The molecule has 1 unspecified atom stereocenters. The van der Waals surface area contributed by atoms with Crippen LogP contribution in [0, 0.1) is 0 Å². The van der Waals surface area contributed by atoms with E-state index in [1.165, 1.54) is 0 Å². The second kappa shape index (κ2) is 5.32. The number of aromatic nitrogens is 1. The summed E-state index contributed by atoms with van der Waals surface area (Å²) in [6.07, 6.45) is 2.72. The van der Waals surface area contributed by atoms with Crippen LogP contribution in [0.4, 0.5) is 0 Å². The first-order valence-electron chi connectivity index (χ1n) is 4.10. The molecule has 0 aromatic carbocycles. The molecule has 0 aliphatic carbocycles. The van der Waals surface area contributed by atoms with Crippen molar-refractivity contribution >= 4 is 15.9 Å². The van der Waals surface area contributed by atoms with Gasteiger partial charge in [-0.3, -0.25) is 4.98 Å². The van der Waals surface area contributed by atoms with Gasteiger partial charge in [-0.05, 0) is 28.9 Å². The van der Waals surface area contributed by atoms with Crippen LogP contribution in [-0.2, 0) is 4.74 Å². The Morgan fingerprint density at radius 3 is 3.00 bits per heavy atom. The smallest absolute Gasteiger partial charge is 0.104 e. The van der Waals surface area contributed by atoms with E-state index in [-0.39, 0.29) is 0 Å². The molecule has 1 rings (SSSR count). The van der Waals surface area contributed by atoms with Crippen molar-refractivity contribution < 1.29 is 9.84 Å². The van der Waals surface area contributed by atoms with Crippen LogP contribution in [0.2, 0.25) is 0 Å². The third kappa shape index (κ3) is 3.42. The maximum absolute atomic E-state index is 9.59. The summed E-state index contributed by atoms with van der Waals surface area (Å²) in [6, 6.07) is 1.83. The van der Waals surface area contributed by atoms with Gasteiger partial charge in [0.2, 0.25) is 0 Å². The Hall–Kier alpha value is -0.450. The molecule has 1 aromatic heterocycles. The SMILES string of the molecule is CCOCC(O)c1cncc(Br)c1. The zero-order chi connectivity index (χ0) is 9.68. The molecule has 72 valence electrons. The van der Waals surface area contributed by atoms with Gasteiger partial charge in [0.25, 0.3) is 0 Å². The fraction of sp³-hybridized carbons (Fsp3) is 0.444. The minimum absolute atomic E-state index is 0.314. The van der Waals surface area contributed by atoms with E-state index in [4.69, 9.17) is 4.74 Å². The number of rotatable bonds is 4. The predicted molar refractivity (Wildman–Crippen MR) is 53.4 cm³/mol. The number of hydrogen-bond acceptors (Lipinski definition) is 3. The monoisotopic (exact) mass is 245 g/mol. The van der Waals surface area contributed by atoms with Crippen molar-refractivity contribution in [2.45, 2.75) is 13.0 Å². The number of halogens is 1. The maximum atomic E-state index is 9.59. The van der Waals surface area contributed by atoms with Crippen molar-refractivity contribution in [1.29, 1.82) is 0 Å². The first-order chi connectivity index (χ1) is 6.24.